The van der Waals surface area contributed by atoms with E-state index in [2.05, 4.69) is 11.0 Å². The van der Waals surface area contributed by atoms with Gasteiger partial charge in [0.05, 0.1) is 10.2 Å². The van der Waals surface area contributed by atoms with Crippen LogP contribution in [0.2, 0.25) is 5.02 Å². The van der Waals surface area contributed by atoms with Crippen LogP contribution in [0.4, 0.5) is 5.13 Å². The first-order chi connectivity index (χ1) is 12.5. The third kappa shape index (κ3) is 3.29. The number of fused-ring (bicyclic) bond motifs is 1. The number of nitrogens with zero attached hydrogens (tertiary/aromatic N) is 3. The predicted octanol–water partition coefficient (Wildman–Crippen LogP) is 4.53. The van der Waals surface area contributed by atoms with Crippen LogP contribution in [-0.2, 0) is 0 Å². The molecule has 0 aliphatic carbocycles. The Morgan fingerprint density at radius 3 is 2.58 bits per heavy atom. The first kappa shape index (κ1) is 17.3. The van der Waals surface area contributed by atoms with Crippen molar-refractivity contribution in [3.8, 4) is 0 Å². The van der Waals surface area contributed by atoms with Crippen LogP contribution in [0, 0.1) is 13.8 Å². The lowest BCUT2D eigenvalue weighted by atomic mass is 10.0. The van der Waals surface area contributed by atoms with Gasteiger partial charge in [-0.2, -0.15) is 0 Å². The summed E-state index contributed by atoms with van der Waals surface area (Å²) < 4.78 is 1.10. The Balaban J connectivity index is 1.47. The summed E-state index contributed by atoms with van der Waals surface area (Å²) in [6.45, 7) is 7.06. The number of thiazole rings is 1. The lowest BCUT2D eigenvalue weighted by Gasteiger charge is -2.34. The van der Waals surface area contributed by atoms with Crippen LogP contribution in [0.15, 0.2) is 36.4 Å². The fraction of sp³-hybridized carbons (Fsp3) is 0.300. The zero-order valence-corrected chi connectivity index (χ0v) is 16.4. The summed E-state index contributed by atoms with van der Waals surface area (Å²) in [6.07, 6.45) is 0. The summed E-state index contributed by atoms with van der Waals surface area (Å²) in [6, 6.07) is 11.8. The molecule has 1 aromatic heterocycles. The van der Waals surface area contributed by atoms with E-state index >= 15 is 0 Å². The number of carbonyl (C=O) groups excluding carboxylic acids is 1. The van der Waals surface area contributed by atoms with Crippen molar-refractivity contribution in [2.75, 3.05) is 31.1 Å². The maximum atomic E-state index is 12.8. The third-order valence-electron chi connectivity index (χ3n) is 4.79. The average Bonchev–Trinajstić information content (AvgIpc) is 3.04. The Morgan fingerprint density at radius 2 is 1.85 bits per heavy atom. The van der Waals surface area contributed by atoms with Crippen LogP contribution in [0.5, 0.6) is 0 Å². The zero-order valence-electron chi connectivity index (χ0n) is 14.8. The number of aryl methyl sites for hydroxylation is 2. The summed E-state index contributed by atoms with van der Waals surface area (Å²) in [5.41, 5.74) is 4.00. The first-order valence-electron chi connectivity index (χ1n) is 8.69. The molecule has 26 heavy (non-hydrogen) atoms. The highest BCUT2D eigenvalue weighted by Gasteiger charge is 2.24. The number of piperazine rings is 1. The summed E-state index contributed by atoms with van der Waals surface area (Å²) in [5, 5.41) is 1.73. The van der Waals surface area contributed by atoms with Crippen molar-refractivity contribution in [2.24, 2.45) is 0 Å². The SMILES string of the molecule is Cc1ccc(C(=O)N2CCN(c3nc4ccc(Cl)cc4s3)CC2)c(C)c1. The van der Waals surface area contributed by atoms with Crippen molar-refractivity contribution in [3.05, 3.63) is 58.1 Å². The fourth-order valence-corrected chi connectivity index (χ4v) is 4.64. The molecule has 6 heteroatoms. The number of halogens is 1. The molecule has 0 N–H and O–H groups in total. The highest BCUT2D eigenvalue weighted by molar-refractivity contribution is 7.22. The Kier molecular flexibility index (Phi) is 4.59. The maximum absolute atomic E-state index is 12.8. The smallest absolute Gasteiger partial charge is 0.254 e. The van der Waals surface area contributed by atoms with E-state index < -0.39 is 0 Å². The molecule has 0 saturated carbocycles. The van der Waals surface area contributed by atoms with Crippen LogP contribution in [0.25, 0.3) is 10.2 Å². The molecule has 2 heterocycles. The molecule has 0 spiro atoms. The molecule has 0 bridgehead atoms. The van der Waals surface area contributed by atoms with Crippen molar-refractivity contribution < 1.29 is 4.79 Å². The van der Waals surface area contributed by atoms with E-state index in [1.165, 1.54) is 5.56 Å². The van der Waals surface area contributed by atoms with E-state index in [4.69, 9.17) is 16.6 Å². The number of hydrogen-bond donors (Lipinski definition) is 0. The Hall–Kier alpha value is -2.11. The van der Waals surface area contributed by atoms with Crippen molar-refractivity contribution in [2.45, 2.75) is 13.8 Å². The highest BCUT2D eigenvalue weighted by Crippen LogP contribution is 2.31. The van der Waals surface area contributed by atoms with Crippen molar-refractivity contribution >= 4 is 44.2 Å². The summed E-state index contributed by atoms with van der Waals surface area (Å²) in [7, 11) is 0. The molecule has 1 saturated heterocycles. The minimum atomic E-state index is 0.123. The molecule has 1 aliphatic rings. The Bertz CT molecular complexity index is 976. The second kappa shape index (κ2) is 6.89. The van der Waals surface area contributed by atoms with Gasteiger partial charge in [0.1, 0.15) is 0 Å². The van der Waals surface area contributed by atoms with E-state index in [1.807, 2.05) is 49.1 Å². The van der Waals surface area contributed by atoms with Gasteiger partial charge in [-0.05, 0) is 43.7 Å². The molecule has 3 aromatic rings. The molecule has 4 nitrogen and oxygen atoms in total. The molecule has 1 amide bonds. The monoisotopic (exact) mass is 385 g/mol. The number of hydrogen-bond acceptors (Lipinski definition) is 4. The molecular formula is C20H20ClN3OS. The van der Waals surface area contributed by atoms with Gasteiger partial charge in [-0.3, -0.25) is 4.79 Å². The van der Waals surface area contributed by atoms with Gasteiger partial charge in [0, 0.05) is 36.8 Å². The van der Waals surface area contributed by atoms with E-state index in [0.29, 0.717) is 13.1 Å². The van der Waals surface area contributed by atoms with E-state index in [-0.39, 0.29) is 5.91 Å². The van der Waals surface area contributed by atoms with Crippen molar-refractivity contribution in [1.82, 2.24) is 9.88 Å². The molecular weight excluding hydrogens is 366 g/mol. The molecule has 0 radical (unpaired) electrons. The van der Waals surface area contributed by atoms with Crippen molar-refractivity contribution in [1.29, 1.82) is 0 Å². The number of rotatable bonds is 2. The zero-order chi connectivity index (χ0) is 18.3. The lowest BCUT2D eigenvalue weighted by molar-refractivity contribution is 0.0746. The second-order valence-corrected chi connectivity index (χ2v) is 8.15. The van der Waals surface area contributed by atoms with Crippen LogP contribution >= 0.6 is 22.9 Å². The molecule has 0 unspecified atom stereocenters. The number of amides is 1. The van der Waals surface area contributed by atoms with E-state index in [0.717, 1.165) is 44.6 Å². The van der Waals surface area contributed by atoms with Gasteiger partial charge >= 0.3 is 0 Å². The van der Waals surface area contributed by atoms with Crippen LogP contribution < -0.4 is 4.90 Å². The van der Waals surface area contributed by atoms with E-state index in [9.17, 15) is 4.79 Å². The minimum absolute atomic E-state index is 0.123. The summed E-state index contributed by atoms with van der Waals surface area (Å²) >= 11 is 7.72. The van der Waals surface area contributed by atoms with E-state index in [1.54, 1.807) is 11.3 Å². The molecule has 4 rings (SSSR count). The normalized spacial score (nSPS) is 14.9. The topological polar surface area (TPSA) is 36.4 Å². The molecule has 134 valence electrons. The Morgan fingerprint density at radius 1 is 1.08 bits per heavy atom. The quantitative estimate of drug-likeness (QED) is 0.650. The van der Waals surface area contributed by atoms with Gasteiger partial charge < -0.3 is 9.80 Å². The number of benzene rings is 2. The first-order valence-corrected chi connectivity index (χ1v) is 9.88. The number of anilines is 1. The molecule has 1 aliphatic heterocycles. The molecule has 1 fully saturated rings. The number of aromatic nitrogens is 1. The van der Waals surface area contributed by atoms with Gasteiger partial charge in [0.2, 0.25) is 0 Å². The van der Waals surface area contributed by atoms with Gasteiger partial charge in [0.25, 0.3) is 5.91 Å². The molecule has 2 aromatic carbocycles. The second-order valence-electron chi connectivity index (χ2n) is 6.71. The summed E-state index contributed by atoms with van der Waals surface area (Å²) in [4.78, 5) is 21.7. The third-order valence-corrected chi connectivity index (χ3v) is 6.10. The highest BCUT2D eigenvalue weighted by atomic mass is 35.5. The Labute approximate surface area is 162 Å². The van der Waals surface area contributed by atoms with Crippen LogP contribution in [0.3, 0.4) is 0 Å². The molecule has 0 atom stereocenters. The predicted molar refractivity (Wildman–Crippen MR) is 109 cm³/mol. The largest absolute Gasteiger partial charge is 0.345 e. The lowest BCUT2D eigenvalue weighted by Crippen LogP contribution is -2.48. The van der Waals surface area contributed by atoms with Gasteiger partial charge in [-0.15, -0.1) is 0 Å². The van der Waals surface area contributed by atoms with Gasteiger partial charge in [0.15, 0.2) is 5.13 Å². The van der Waals surface area contributed by atoms with Crippen LogP contribution in [-0.4, -0.2) is 42.0 Å². The van der Waals surface area contributed by atoms with Gasteiger partial charge in [-0.1, -0.05) is 40.6 Å². The van der Waals surface area contributed by atoms with Crippen molar-refractivity contribution in [3.63, 3.8) is 0 Å². The standard InChI is InChI=1S/C20H20ClN3OS/c1-13-3-5-16(14(2)11-13)19(25)23-7-9-24(10-8-23)20-22-17-6-4-15(21)12-18(17)26-20/h3-6,11-12H,7-10H2,1-2H3. The summed E-state index contributed by atoms with van der Waals surface area (Å²) in [5.74, 6) is 0.123. The minimum Gasteiger partial charge on any atom is -0.345 e. The average molecular weight is 386 g/mol. The van der Waals surface area contributed by atoms with Crippen LogP contribution in [0.1, 0.15) is 21.5 Å². The fourth-order valence-electron chi connectivity index (χ4n) is 3.35. The van der Waals surface area contributed by atoms with Gasteiger partial charge in [-0.25, -0.2) is 4.98 Å². The number of carbonyl (C=O) groups is 1. The maximum Gasteiger partial charge on any atom is 0.254 e.